The van der Waals surface area contributed by atoms with Crippen molar-refractivity contribution >= 4 is 17.6 Å². The molecule has 11 heteroatoms. The van der Waals surface area contributed by atoms with Crippen LogP contribution in [0, 0.1) is 17.8 Å². The number of halogens is 3. The van der Waals surface area contributed by atoms with Crippen LogP contribution in [0.15, 0.2) is 18.3 Å². The van der Waals surface area contributed by atoms with Crippen LogP contribution < -0.4 is 10.6 Å². The van der Waals surface area contributed by atoms with Crippen molar-refractivity contribution in [3.63, 3.8) is 0 Å². The number of fused-ring (bicyclic) bond motifs is 1. The van der Waals surface area contributed by atoms with E-state index in [0.29, 0.717) is 17.0 Å². The molecule has 0 bridgehead atoms. The molecular weight excluding hydrogens is 427 g/mol. The molecular formula is C21H26F3N5O3. The van der Waals surface area contributed by atoms with Crippen molar-refractivity contribution in [2.75, 3.05) is 6.54 Å². The van der Waals surface area contributed by atoms with Crippen LogP contribution in [0.4, 0.5) is 18.0 Å². The van der Waals surface area contributed by atoms with E-state index in [1.54, 1.807) is 18.3 Å². The summed E-state index contributed by atoms with van der Waals surface area (Å²) in [5, 5.41) is 18.7. The second-order valence-corrected chi connectivity index (χ2v) is 8.74. The minimum absolute atomic E-state index is 0.0846. The summed E-state index contributed by atoms with van der Waals surface area (Å²) in [6.45, 7) is -0.394. The summed E-state index contributed by atoms with van der Waals surface area (Å²) in [5.41, 5.74) is 1.55. The van der Waals surface area contributed by atoms with Gasteiger partial charge in [-0.2, -0.15) is 18.3 Å². The van der Waals surface area contributed by atoms with Gasteiger partial charge in [0.15, 0.2) is 5.65 Å². The Morgan fingerprint density at radius 2 is 2.03 bits per heavy atom. The minimum atomic E-state index is -4.35. The molecule has 1 aliphatic carbocycles. The van der Waals surface area contributed by atoms with Gasteiger partial charge < -0.3 is 15.7 Å². The van der Waals surface area contributed by atoms with E-state index >= 15 is 0 Å². The second-order valence-electron chi connectivity index (χ2n) is 8.74. The highest BCUT2D eigenvalue weighted by atomic mass is 19.4. The molecule has 2 aromatic heterocycles. The van der Waals surface area contributed by atoms with Crippen LogP contribution in [-0.4, -0.2) is 44.4 Å². The van der Waals surface area contributed by atoms with Crippen LogP contribution >= 0.6 is 0 Å². The predicted molar refractivity (Wildman–Crippen MR) is 108 cm³/mol. The molecule has 3 heterocycles. The molecule has 0 radical (unpaired) electrons. The van der Waals surface area contributed by atoms with Gasteiger partial charge in [-0.1, -0.05) is 19.3 Å². The number of piperidine rings is 1. The predicted octanol–water partition coefficient (Wildman–Crippen LogP) is 3.48. The van der Waals surface area contributed by atoms with Crippen molar-refractivity contribution in [1.82, 2.24) is 25.2 Å². The van der Waals surface area contributed by atoms with Crippen LogP contribution in [0.2, 0.25) is 0 Å². The number of alkyl halides is 3. The molecule has 4 rings (SSSR count). The maximum atomic E-state index is 13.1. The Labute approximate surface area is 182 Å². The monoisotopic (exact) mass is 453 g/mol. The van der Waals surface area contributed by atoms with Gasteiger partial charge in [0.05, 0.1) is 29.5 Å². The highest BCUT2D eigenvalue weighted by Gasteiger charge is 2.44. The van der Waals surface area contributed by atoms with Gasteiger partial charge in [-0.25, -0.2) is 14.3 Å². The summed E-state index contributed by atoms with van der Waals surface area (Å²) in [4.78, 5) is 28.0. The number of amides is 2. The highest BCUT2D eigenvalue weighted by Crippen LogP contribution is 2.35. The summed E-state index contributed by atoms with van der Waals surface area (Å²) in [5.74, 6) is -2.63. The average molecular weight is 453 g/mol. The molecule has 3 N–H and O–H groups in total. The summed E-state index contributed by atoms with van der Waals surface area (Å²) < 4.78 is 40.8. The van der Waals surface area contributed by atoms with E-state index in [1.807, 2.05) is 0 Å². The van der Waals surface area contributed by atoms with Crippen LogP contribution in [0.3, 0.4) is 0 Å². The van der Waals surface area contributed by atoms with Gasteiger partial charge in [-0.3, -0.25) is 4.79 Å². The number of carbonyl (C=O) groups is 2. The first kappa shape index (κ1) is 22.3. The van der Waals surface area contributed by atoms with Crippen molar-refractivity contribution in [2.45, 2.75) is 57.2 Å². The second kappa shape index (κ2) is 8.95. The van der Waals surface area contributed by atoms with Crippen LogP contribution in [0.1, 0.15) is 56.0 Å². The molecule has 2 amide bonds. The van der Waals surface area contributed by atoms with E-state index in [0.717, 1.165) is 32.1 Å². The number of nitrogens with zero attached hydrogens (tertiary/aromatic N) is 3. The Bertz CT molecular complexity index is 987. The first-order valence-electron chi connectivity index (χ1n) is 10.9. The molecule has 2 fully saturated rings. The number of carboxylic acid groups (broad SMARTS) is 1. The third kappa shape index (κ3) is 4.97. The number of imidazole rings is 1. The van der Waals surface area contributed by atoms with Crippen molar-refractivity contribution in [3.8, 4) is 0 Å². The van der Waals surface area contributed by atoms with Crippen molar-refractivity contribution in [3.05, 3.63) is 29.7 Å². The molecule has 1 aliphatic heterocycles. The SMILES string of the molecule is O=C(O)N[C@H](c1cn2nc(CC3C[C@@H](C(F)(F)F)CNC3=O)ccc2n1)C1CCCCC1. The lowest BCUT2D eigenvalue weighted by molar-refractivity contribution is -0.183. The molecule has 1 saturated heterocycles. The molecule has 1 unspecified atom stereocenters. The fourth-order valence-electron chi connectivity index (χ4n) is 4.81. The van der Waals surface area contributed by atoms with Gasteiger partial charge in [-0.15, -0.1) is 0 Å². The smallest absolute Gasteiger partial charge is 0.405 e. The normalized spacial score (nSPS) is 23.7. The molecule has 2 aliphatic rings. The lowest BCUT2D eigenvalue weighted by atomic mass is 9.83. The van der Waals surface area contributed by atoms with Gasteiger partial charge in [-0.05, 0) is 37.3 Å². The molecule has 174 valence electrons. The standard InChI is InChI=1S/C21H26F3N5O3/c22-21(23,24)14-8-13(19(30)25-10-14)9-15-6-7-17-26-16(11-29(17)28-15)18(27-20(31)32)12-4-2-1-3-5-12/h6-7,11-14,18,27H,1-5,8-10H2,(H,25,30)(H,31,32)/t13?,14-,18+/m1/s1. The average Bonchev–Trinajstić information content (AvgIpc) is 3.16. The van der Waals surface area contributed by atoms with Gasteiger partial charge in [0, 0.05) is 18.9 Å². The van der Waals surface area contributed by atoms with Crippen molar-refractivity contribution < 1.29 is 27.9 Å². The fourth-order valence-corrected chi connectivity index (χ4v) is 4.81. The van der Waals surface area contributed by atoms with E-state index < -0.39 is 42.6 Å². The fraction of sp³-hybridized carbons (Fsp3) is 0.619. The Hall–Kier alpha value is -2.85. The lowest BCUT2D eigenvalue weighted by Gasteiger charge is -2.30. The summed E-state index contributed by atoms with van der Waals surface area (Å²) in [6.07, 6.45) is 1.05. The largest absolute Gasteiger partial charge is 0.465 e. The summed E-state index contributed by atoms with van der Waals surface area (Å²) >= 11 is 0. The lowest BCUT2D eigenvalue weighted by Crippen LogP contribution is -2.47. The molecule has 0 aromatic carbocycles. The Balaban J connectivity index is 1.54. The quantitative estimate of drug-likeness (QED) is 0.642. The molecule has 2 aromatic rings. The van der Waals surface area contributed by atoms with E-state index in [4.69, 9.17) is 0 Å². The zero-order valence-corrected chi connectivity index (χ0v) is 17.4. The maximum Gasteiger partial charge on any atom is 0.405 e. The Kier molecular flexibility index (Phi) is 6.25. The van der Waals surface area contributed by atoms with Crippen LogP contribution in [0.25, 0.3) is 5.65 Å². The van der Waals surface area contributed by atoms with Crippen molar-refractivity contribution in [2.24, 2.45) is 17.8 Å². The van der Waals surface area contributed by atoms with E-state index in [9.17, 15) is 27.9 Å². The Morgan fingerprint density at radius 1 is 1.28 bits per heavy atom. The highest BCUT2D eigenvalue weighted by molar-refractivity contribution is 5.79. The Morgan fingerprint density at radius 3 is 2.72 bits per heavy atom. The van der Waals surface area contributed by atoms with Crippen LogP contribution in [-0.2, 0) is 11.2 Å². The van der Waals surface area contributed by atoms with Gasteiger partial charge in [0.1, 0.15) is 0 Å². The number of hydrogen-bond donors (Lipinski definition) is 3. The van der Waals surface area contributed by atoms with Gasteiger partial charge >= 0.3 is 12.3 Å². The third-order valence-corrected chi connectivity index (χ3v) is 6.49. The zero-order valence-electron chi connectivity index (χ0n) is 17.4. The summed E-state index contributed by atoms with van der Waals surface area (Å²) in [6, 6.07) is 2.89. The third-order valence-electron chi connectivity index (χ3n) is 6.49. The van der Waals surface area contributed by atoms with Crippen molar-refractivity contribution in [1.29, 1.82) is 0 Å². The first-order valence-corrected chi connectivity index (χ1v) is 10.9. The number of hydrogen-bond acceptors (Lipinski definition) is 4. The maximum absolute atomic E-state index is 13.1. The zero-order chi connectivity index (χ0) is 22.9. The summed E-state index contributed by atoms with van der Waals surface area (Å²) in [7, 11) is 0. The van der Waals surface area contributed by atoms with E-state index in [2.05, 4.69) is 20.7 Å². The molecule has 32 heavy (non-hydrogen) atoms. The van der Waals surface area contributed by atoms with Crippen LogP contribution in [0.5, 0.6) is 0 Å². The van der Waals surface area contributed by atoms with E-state index in [-0.39, 0.29) is 18.8 Å². The number of aromatic nitrogens is 3. The topological polar surface area (TPSA) is 109 Å². The van der Waals surface area contributed by atoms with Gasteiger partial charge in [0.2, 0.25) is 5.91 Å². The molecule has 8 nitrogen and oxygen atoms in total. The van der Waals surface area contributed by atoms with E-state index in [1.165, 1.54) is 4.52 Å². The molecule has 1 saturated carbocycles. The number of carbonyl (C=O) groups excluding carboxylic acids is 1. The van der Waals surface area contributed by atoms with Gasteiger partial charge in [0.25, 0.3) is 0 Å². The number of rotatable bonds is 5. The molecule has 0 spiro atoms. The molecule has 3 atom stereocenters. The first-order chi connectivity index (χ1) is 15.2. The minimum Gasteiger partial charge on any atom is -0.465 e. The number of nitrogens with one attached hydrogen (secondary N) is 2.